The Morgan fingerprint density at radius 3 is 2.10 bits per heavy atom. The largest absolute Gasteiger partial charge is 0.573 e. The van der Waals surface area contributed by atoms with Crippen LogP contribution in [0.3, 0.4) is 0 Å². The minimum Gasteiger partial charge on any atom is -0.406 e. The van der Waals surface area contributed by atoms with Gasteiger partial charge in [0.2, 0.25) is 0 Å². The van der Waals surface area contributed by atoms with Crippen LogP contribution in [-0.2, 0) is 5.41 Å². The standard InChI is InChI=1S/C21H19F4N3O/c1-13(2)28-18(14-3-9-17(10-4-14)29-21(23,24)25)26-27-19(28)20(11-12-20)15-5-7-16(22)8-6-15/h3-10,13H,11-12H2,1-2H3. The Labute approximate surface area is 165 Å². The zero-order chi connectivity index (χ0) is 20.8. The van der Waals surface area contributed by atoms with E-state index in [-0.39, 0.29) is 23.0 Å². The maximum Gasteiger partial charge on any atom is 0.573 e. The number of hydrogen-bond donors (Lipinski definition) is 0. The predicted octanol–water partition coefficient (Wildman–Crippen LogP) is 5.64. The first kappa shape index (κ1) is 19.4. The van der Waals surface area contributed by atoms with Gasteiger partial charge in [-0.15, -0.1) is 23.4 Å². The van der Waals surface area contributed by atoms with E-state index in [9.17, 15) is 17.6 Å². The first-order valence-corrected chi connectivity index (χ1v) is 9.27. The Balaban J connectivity index is 1.72. The summed E-state index contributed by atoms with van der Waals surface area (Å²) in [6, 6.07) is 12.0. The molecule has 2 aromatic carbocycles. The monoisotopic (exact) mass is 405 g/mol. The molecule has 0 N–H and O–H groups in total. The molecule has 4 nitrogen and oxygen atoms in total. The molecule has 29 heavy (non-hydrogen) atoms. The summed E-state index contributed by atoms with van der Waals surface area (Å²) < 4.78 is 56.5. The molecule has 4 rings (SSSR count). The first-order valence-electron chi connectivity index (χ1n) is 9.27. The molecule has 0 amide bonds. The minimum absolute atomic E-state index is 0.0269. The van der Waals surface area contributed by atoms with Gasteiger partial charge < -0.3 is 9.30 Å². The van der Waals surface area contributed by atoms with Crippen molar-refractivity contribution in [2.75, 3.05) is 0 Å². The van der Waals surface area contributed by atoms with E-state index in [2.05, 4.69) is 14.9 Å². The Bertz CT molecular complexity index is 1000. The quantitative estimate of drug-likeness (QED) is 0.516. The van der Waals surface area contributed by atoms with Crippen molar-refractivity contribution >= 4 is 0 Å². The number of hydrogen-bond acceptors (Lipinski definition) is 3. The zero-order valence-corrected chi connectivity index (χ0v) is 15.9. The van der Waals surface area contributed by atoms with Crippen LogP contribution >= 0.6 is 0 Å². The number of nitrogens with zero attached hydrogens (tertiary/aromatic N) is 3. The van der Waals surface area contributed by atoms with Gasteiger partial charge in [0.15, 0.2) is 5.82 Å². The van der Waals surface area contributed by atoms with Crippen LogP contribution in [-0.4, -0.2) is 21.1 Å². The molecule has 1 aromatic heterocycles. The summed E-state index contributed by atoms with van der Waals surface area (Å²) in [6.45, 7) is 4.00. The maximum atomic E-state index is 13.4. The van der Waals surface area contributed by atoms with E-state index < -0.39 is 6.36 Å². The lowest BCUT2D eigenvalue weighted by Crippen LogP contribution is -2.18. The summed E-state index contributed by atoms with van der Waals surface area (Å²) in [6.07, 6.45) is -2.98. The SMILES string of the molecule is CC(C)n1c(-c2ccc(OC(F)(F)F)cc2)nnc1C1(c2ccc(F)cc2)CC1. The van der Waals surface area contributed by atoms with Gasteiger partial charge in [0.1, 0.15) is 17.4 Å². The lowest BCUT2D eigenvalue weighted by Gasteiger charge is -2.20. The molecule has 0 radical (unpaired) electrons. The van der Waals surface area contributed by atoms with Gasteiger partial charge in [-0.3, -0.25) is 0 Å². The van der Waals surface area contributed by atoms with E-state index in [4.69, 9.17) is 0 Å². The molecule has 1 aliphatic rings. The molecule has 1 heterocycles. The smallest absolute Gasteiger partial charge is 0.406 e. The normalized spacial score (nSPS) is 15.6. The van der Waals surface area contributed by atoms with Crippen LogP contribution in [0.25, 0.3) is 11.4 Å². The van der Waals surface area contributed by atoms with Gasteiger partial charge in [-0.05, 0) is 68.7 Å². The van der Waals surface area contributed by atoms with E-state index in [1.165, 1.54) is 36.4 Å². The number of rotatable bonds is 5. The number of halogens is 4. The Kier molecular flexibility index (Phi) is 4.59. The highest BCUT2D eigenvalue weighted by Crippen LogP contribution is 2.53. The lowest BCUT2D eigenvalue weighted by atomic mass is 9.94. The number of benzene rings is 2. The van der Waals surface area contributed by atoms with Gasteiger partial charge in [-0.2, -0.15) is 0 Å². The molecular weight excluding hydrogens is 386 g/mol. The van der Waals surface area contributed by atoms with Crippen LogP contribution in [0.2, 0.25) is 0 Å². The first-order chi connectivity index (χ1) is 13.7. The number of ether oxygens (including phenoxy) is 1. The zero-order valence-electron chi connectivity index (χ0n) is 15.9. The van der Waals surface area contributed by atoms with Gasteiger partial charge >= 0.3 is 6.36 Å². The molecule has 0 unspecified atom stereocenters. The molecule has 0 spiro atoms. The number of alkyl halides is 3. The summed E-state index contributed by atoms with van der Waals surface area (Å²) in [5.74, 6) is 0.769. The summed E-state index contributed by atoms with van der Waals surface area (Å²) in [5.41, 5.74) is 1.30. The molecule has 1 fully saturated rings. The van der Waals surface area contributed by atoms with Crippen molar-refractivity contribution in [1.29, 1.82) is 0 Å². The topological polar surface area (TPSA) is 39.9 Å². The maximum absolute atomic E-state index is 13.4. The summed E-state index contributed by atoms with van der Waals surface area (Å²) in [5, 5.41) is 8.77. The average molecular weight is 405 g/mol. The fourth-order valence-corrected chi connectivity index (χ4v) is 3.64. The molecule has 152 valence electrons. The molecular formula is C21H19F4N3O. The van der Waals surface area contributed by atoms with Crippen LogP contribution in [0.4, 0.5) is 17.6 Å². The highest BCUT2D eigenvalue weighted by atomic mass is 19.4. The second kappa shape index (κ2) is 6.86. The summed E-state index contributed by atoms with van der Waals surface area (Å²) in [4.78, 5) is 0. The fraction of sp³-hybridized carbons (Fsp3) is 0.333. The van der Waals surface area contributed by atoms with E-state index in [0.717, 1.165) is 24.2 Å². The summed E-state index contributed by atoms with van der Waals surface area (Å²) in [7, 11) is 0. The van der Waals surface area contributed by atoms with Crippen LogP contribution in [0.5, 0.6) is 5.75 Å². The van der Waals surface area contributed by atoms with Gasteiger partial charge in [-0.25, -0.2) is 4.39 Å². The second-order valence-electron chi connectivity index (χ2n) is 7.47. The Hall–Kier alpha value is -2.90. The van der Waals surface area contributed by atoms with Crippen LogP contribution in [0, 0.1) is 5.82 Å². The van der Waals surface area contributed by atoms with Crippen LogP contribution in [0.15, 0.2) is 48.5 Å². The highest BCUT2D eigenvalue weighted by Gasteiger charge is 2.50. The fourth-order valence-electron chi connectivity index (χ4n) is 3.64. The molecule has 1 saturated carbocycles. The van der Waals surface area contributed by atoms with E-state index >= 15 is 0 Å². The predicted molar refractivity (Wildman–Crippen MR) is 98.9 cm³/mol. The van der Waals surface area contributed by atoms with Gasteiger partial charge in [0, 0.05) is 11.6 Å². The van der Waals surface area contributed by atoms with Crippen molar-refractivity contribution in [3.63, 3.8) is 0 Å². The van der Waals surface area contributed by atoms with Crippen molar-refractivity contribution in [3.8, 4) is 17.1 Å². The summed E-state index contributed by atoms with van der Waals surface area (Å²) >= 11 is 0. The van der Waals surface area contributed by atoms with Gasteiger partial charge in [0.25, 0.3) is 0 Å². The minimum atomic E-state index is -4.74. The van der Waals surface area contributed by atoms with E-state index in [1.54, 1.807) is 12.1 Å². The average Bonchev–Trinajstić information content (AvgIpc) is 3.32. The third-order valence-corrected chi connectivity index (χ3v) is 5.13. The van der Waals surface area contributed by atoms with Crippen molar-refractivity contribution in [2.24, 2.45) is 0 Å². The number of aromatic nitrogens is 3. The molecule has 0 saturated heterocycles. The van der Waals surface area contributed by atoms with Gasteiger partial charge in [-0.1, -0.05) is 12.1 Å². The van der Waals surface area contributed by atoms with Crippen molar-refractivity contribution < 1.29 is 22.3 Å². The molecule has 1 aliphatic carbocycles. The van der Waals surface area contributed by atoms with Crippen molar-refractivity contribution in [2.45, 2.75) is 44.5 Å². The van der Waals surface area contributed by atoms with Gasteiger partial charge in [0.05, 0.1) is 5.41 Å². The molecule has 3 aromatic rings. The third-order valence-electron chi connectivity index (χ3n) is 5.13. The second-order valence-corrected chi connectivity index (χ2v) is 7.47. The van der Waals surface area contributed by atoms with Crippen molar-refractivity contribution in [1.82, 2.24) is 14.8 Å². The van der Waals surface area contributed by atoms with Crippen LogP contribution < -0.4 is 4.74 Å². The molecule has 8 heteroatoms. The highest BCUT2D eigenvalue weighted by molar-refractivity contribution is 5.58. The lowest BCUT2D eigenvalue weighted by molar-refractivity contribution is -0.274. The molecule has 0 aliphatic heterocycles. The third kappa shape index (κ3) is 3.71. The van der Waals surface area contributed by atoms with E-state index in [0.29, 0.717) is 11.4 Å². The van der Waals surface area contributed by atoms with Crippen molar-refractivity contribution in [3.05, 3.63) is 65.7 Å². The molecule has 0 atom stereocenters. The molecule has 0 bridgehead atoms. The van der Waals surface area contributed by atoms with Crippen LogP contribution in [0.1, 0.15) is 44.1 Å². The Morgan fingerprint density at radius 2 is 1.59 bits per heavy atom. The van der Waals surface area contributed by atoms with E-state index in [1.807, 2.05) is 18.4 Å². The Morgan fingerprint density at radius 1 is 0.966 bits per heavy atom.